The summed E-state index contributed by atoms with van der Waals surface area (Å²) in [7, 11) is 0. The van der Waals surface area contributed by atoms with E-state index < -0.39 is 0 Å². The first-order valence-electron chi connectivity index (χ1n) is 8.52. The molecule has 25 heavy (non-hydrogen) atoms. The van der Waals surface area contributed by atoms with E-state index >= 15 is 0 Å². The third-order valence-electron chi connectivity index (χ3n) is 4.13. The highest BCUT2D eigenvalue weighted by atomic mass is 79.9. The minimum absolute atomic E-state index is 0.00890. The van der Waals surface area contributed by atoms with Gasteiger partial charge < -0.3 is 10.1 Å². The van der Waals surface area contributed by atoms with Crippen LogP contribution in [0.5, 0.6) is 5.75 Å². The van der Waals surface area contributed by atoms with E-state index in [2.05, 4.69) is 61.1 Å². The number of halogens is 1. The van der Waals surface area contributed by atoms with E-state index in [0.717, 1.165) is 4.47 Å². The Labute approximate surface area is 158 Å². The van der Waals surface area contributed by atoms with E-state index in [1.165, 1.54) is 11.1 Å². The van der Waals surface area contributed by atoms with E-state index in [1.807, 2.05) is 36.4 Å². The number of amides is 1. The fraction of sp³-hybridized carbons (Fsp3) is 0.381. The van der Waals surface area contributed by atoms with E-state index in [4.69, 9.17) is 4.74 Å². The van der Waals surface area contributed by atoms with Crippen molar-refractivity contribution in [1.29, 1.82) is 0 Å². The van der Waals surface area contributed by atoms with Crippen LogP contribution in [0.2, 0.25) is 0 Å². The maximum Gasteiger partial charge on any atom is 0.257 e. The number of carbonyl (C=O) groups is 1. The summed E-state index contributed by atoms with van der Waals surface area (Å²) >= 11 is 3.53. The summed E-state index contributed by atoms with van der Waals surface area (Å²) in [6, 6.07) is 16.1. The molecule has 0 bridgehead atoms. The van der Waals surface area contributed by atoms with Gasteiger partial charge in [-0.3, -0.25) is 4.79 Å². The number of carbonyl (C=O) groups excluding carboxylic acids is 1. The lowest BCUT2D eigenvalue weighted by atomic mass is 9.87. The first-order valence-corrected chi connectivity index (χ1v) is 9.31. The quantitative estimate of drug-likeness (QED) is 0.732. The fourth-order valence-electron chi connectivity index (χ4n) is 2.45. The van der Waals surface area contributed by atoms with Gasteiger partial charge in [0, 0.05) is 6.54 Å². The second-order valence-electron chi connectivity index (χ2n) is 7.30. The van der Waals surface area contributed by atoms with Gasteiger partial charge in [0.25, 0.3) is 5.91 Å². The van der Waals surface area contributed by atoms with Gasteiger partial charge in [0.15, 0.2) is 6.61 Å². The number of hydrogen-bond donors (Lipinski definition) is 1. The van der Waals surface area contributed by atoms with E-state index in [9.17, 15) is 4.79 Å². The molecule has 0 saturated heterocycles. The zero-order valence-corrected chi connectivity index (χ0v) is 16.9. The van der Waals surface area contributed by atoms with Crippen LogP contribution >= 0.6 is 15.9 Å². The summed E-state index contributed by atoms with van der Waals surface area (Å²) in [5.74, 6) is 0.830. The maximum atomic E-state index is 12.0. The molecular weight excluding hydrogens is 378 g/mol. The normalized spacial score (nSPS) is 12.5. The standard InChI is InChI=1S/C21H26BrNO2/c1-15(16-8-6-5-7-9-16)13-23-20(24)14-25-19-11-10-17(12-18(19)22)21(2,3)4/h5-12,15H,13-14H2,1-4H3,(H,23,24). The van der Waals surface area contributed by atoms with E-state index in [1.54, 1.807) is 0 Å². The van der Waals surface area contributed by atoms with Crippen LogP contribution in [0.3, 0.4) is 0 Å². The molecule has 2 rings (SSSR count). The van der Waals surface area contributed by atoms with Gasteiger partial charge in [-0.15, -0.1) is 0 Å². The van der Waals surface area contributed by atoms with Crippen molar-refractivity contribution in [3.05, 3.63) is 64.1 Å². The summed E-state index contributed by atoms with van der Waals surface area (Å²) in [6.45, 7) is 9.19. The fourth-order valence-corrected chi connectivity index (χ4v) is 2.94. The van der Waals surface area contributed by atoms with E-state index in [-0.39, 0.29) is 23.8 Å². The zero-order valence-electron chi connectivity index (χ0n) is 15.3. The molecule has 0 radical (unpaired) electrons. The van der Waals surface area contributed by atoms with Crippen molar-refractivity contribution in [1.82, 2.24) is 5.32 Å². The summed E-state index contributed by atoms with van der Waals surface area (Å²) in [6.07, 6.45) is 0. The topological polar surface area (TPSA) is 38.3 Å². The molecule has 0 aliphatic heterocycles. The van der Waals surface area contributed by atoms with Crippen LogP contribution in [0.4, 0.5) is 0 Å². The van der Waals surface area contributed by atoms with Crippen molar-refractivity contribution >= 4 is 21.8 Å². The second kappa shape index (κ2) is 8.52. The average Bonchev–Trinajstić information content (AvgIpc) is 2.58. The van der Waals surface area contributed by atoms with Gasteiger partial charge in [0.05, 0.1) is 4.47 Å². The molecule has 0 heterocycles. The lowest BCUT2D eigenvalue weighted by molar-refractivity contribution is -0.123. The molecule has 4 heteroatoms. The third-order valence-corrected chi connectivity index (χ3v) is 4.75. The summed E-state index contributed by atoms with van der Waals surface area (Å²) in [4.78, 5) is 12.0. The lowest BCUT2D eigenvalue weighted by Crippen LogP contribution is -2.31. The van der Waals surface area contributed by atoms with Crippen molar-refractivity contribution in [2.75, 3.05) is 13.2 Å². The first kappa shape index (κ1) is 19.5. The second-order valence-corrected chi connectivity index (χ2v) is 8.15. The van der Waals surface area contributed by atoms with Gasteiger partial charge in [0.2, 0.25) is 0 Å². The Kier molecular flexibility index (Phi) is 6.65. The molecule has 0 spiro atoms. The molecule has 1 amide bonds. The molecule has 134 valence electrons. The van der Waals surface area contributed by atoms with Crippen LogP contribution < -0.4 is 10.1 Å². The van der Waals surface area contributed by atoms with Crippen LogP contribution in [-0.4, -0.2) is 19.1 Å². The number of benzene rings is 2. The van der Waals surface area contributed by atoms with E-state index in [0.29, 0.717) is 12.3 Å². The molecule has 2 aromatic carbocycles. The van der Waals surface area contributed by atoms with Gasteiger partial charge in [0.1, 0.15) is 5.75 Å². The van der Waals surface area contributed by atoms with Gasteiger partial charge >= 0.3 is 0 Å². The Morgan fingerprint density at radius 3 is 2.44 bits per heavy atom. The van der Waals surface area contributed by atoms with Crippen molar-refractivity contribution in [3.8, 4) is 5.75 Å². The maximum absolute atomic E-state index is 12.0. The Morgan fingerprint density at radius 1 is 1.16 bits per heavy atom. The smallest absolute Gasteiger partial charge is 0.257 e. The third kappa shape index (κ3) is 5.89. The van der Waals surface area contributed by atoms with Crippen molar-refractivity contribution in [3.63, 3.8) is 0 Å². The Bertz CT molecular complexity index is 708. The van der Waals surface area contributed by atoms with Gasteiger partial charge in [-0.25, -0.2) is 0 Å². The molecule has 0 saturated carbocycles. The molecule has 2 aromatic rings. The molecule has 3 nitrogen and oxygen atoms in total. The Hall–Kier alpha value is -1.81. The average molecular weight is 404 g/mol. The van der Waals surface area contributed by atoms with Crippen LogP contribution in [0.25, 0.3) is 0 Å². The lowest BCUT2D eigenvalue weighted by Gasteiger charge is -2.20. The molecule has 1 N–H and O–H groups in total. The monoisotopic (exact) mass is 403 g/mol. The minimum atomic E-state index is -0.116. The highest BCUT2D eigenvalue weighted by molar-refractivity contribution is 9.10. The number of nitrogens with one attached hydrogen (secondary N) is 1. The Balaban J connectivity index is 1.84. The number of rotatable bonds is 6. The SMILES string of the molecule is CC(CNC(=O)COc1ccc(C(C)(C)C)cc1Br)c1ccccc1. The molecule has 1 unspecified atom stereocenters. The number of hydrogen-bond acceptors (Lipinski definition) is 2. The highest BCUT2D eigenvalue weighted by Gasteiger charge is 2.16. The first-order chi connectivity index (χ1) is 11.8. The van der Waals surface area contributed by atoms with Crippen molar-refractivity contribution < 1.29 is 9.53 Å². The van der Waals surface area contributed by atoms with Gasteiger partial charge in [-0.05, 0) is 50.5 Å². The predicted octanol–water partition coefficient (Wildman–Crippen LogP) is 5.05. The van der Waals surface area contributed by atoms with Crippen LogP contribution in [0, 0.1) is 0 Å². The molecule has 0 aromatic heterocycles. The summed E-state index contributed by atoms with van der Waals surface area (Å²) < 4.78 is 6.51. The van der Waals surface area contributed by atoms with Gasteiger partial charge in [-0.1, -0.05) is 64.1 Å². The van der Waals surface area contributed by atoms with Crippen LogP contribution in [-0.2, 0) is 10.2 Å². The molecule has 0 aliphatic carbocycles. The molecule has 1 atom stereocenters. The van der Waals surface area contributed by atoms with Crippen LogP contribution in [0.15, 0.2) is 53.0 Å². The van der Waals surface area contributed by atoms with Crippen LogP contribution in [0.1, 0.15) is 44.7 Å². The minimum Gasteiger partial charge on any atom is -0.483 e. The summed E-state index contributed by atoms with van der Waals surface area (Å²) in [5, 5.41) is 2.93. The number of ether oxygens (including phenoxy) is 1. The Morgan fingerprint density at radius 2 is 1.84 bits per heavy atom. The van der Waals surface area contributed by atoms with Crippen molar-refractivity contribution in [2.24, 2.45) is 0 Å². The molecular formula is C21H26BrNO2. The largest absolute Gasteiger partial charge is 0.483 e. The highest BCUT2D eigenvalue weighted by Crippen LogP contribution is 2.31. The predicted molar refractivity (Wildman–Crippen MR) is 106 cm³/mol. The summed E-state index contributed by atoms with van der Waals surface area (Å²) in [5.41, 5.74) is 2.50. The molecule has 0 aliphatic rings. The van der Waals surface area contributed by atoms with Crippen molar-refractivity contribution in [2.45, 2.75) is 39.0 Å². The zero-order chi connectivity index (χ0) is 18.4. The molecule has 0 fully saturated rings. The van der Waals surface area contributed by atoms with Gasteiger partial charge in [-0.2, -0.15) is 0 Å².